The summed E-state index contributed by atoms with van der Waals surface area (Å²) in [5.41, 5.74) is 1.01. The molecular weight excluding hydrogens is 502 g/mol. The Kier molecular flexibility index (Phi) is 11.3. The molecule has 11 nitrogen and oxygen atoms in total. The van der Waals surface area contributed by atoms with Crippen LogP contribution in [0.15, 0.2) is 29.2 Å². The van der Waals surface area contributed by atoms with Gasteiger partial charge in [-0.1, -0.05) is 13.8 Å². The van der Waals surface area contributed by atoms with Gasteiger partial charge in [-0.25, -0.2) is 13.9 Å². The molecule has 0 atom stereocenters. The van der Waals surface area contributed by atoms with Crippen molar-refractivity contribution in [1.82, 2.24) is 14.7 Å². The SMILES string of the molecule is CCOC(=O)C1CCN(C(=O)CCN(CCC(C)(C)CC(=O)NO)S(=O)(=O)c2ccc(OC)cc2)CC1. The van der Waals surface area contributed by atoms with Crippen LogP contribution in [0, 0.1) is 11.3 Å². The second kappa shape index (κ2) is 13.7. The zero-order valence-electron chi connectivity index (χ0n) is 22.1. The molecule has 0 aliphatic carbocycles. The number of ether oxygens (including phenoxy) is 2. The molecule has 1 saturated heterocycles. The van der Waals surface area contributed by atoms with Crippen LogP contribution in [0.3, 0.4) is 0 Å². The van der Waals surface area contributed by atoms with Crippen molar-refractivity contribution in [3.05, 3.63) is 24.3 Å². The monoisotopic (exact) mass is 541 g/mol. The molecule has 12 heteroatoms. The summed E-state index contributed by atoms with van der Waals surface area (Å²) >= 11 is 0. The number of benzene rings is 1. The number of rotatable bonds is 13. The van der Waals surface area contributed by atoms with Gasteiger partial charge in [0.2, 0.25) is 21.8 Å². The van der Waals surface area contributed by atoms with E-state index in [0.717, 1.165) is 0 Å². The van der Waals surface area contributed by atoms with Crippen LogP contribution < -0.4 is 10.2 Å². The van der Waals surface area contributed by atoms with Gasteiger partial charge in [-0.15, -0.1) is 0 Å². The first-order valence-corrected chi connectivity index (χ1v) is 13.9. The van der Waals surface area contributed by atoms with Gasteiger partial charge >= 0.3 is 5.97 Å². The van der Waals surface area contributed by atoms with Gasteiger partial charge in [-0.05, 0) is 55.9 Å². The zero-order valence-corrected chi connectivity index (χ0v) is 22.9. The molecule has 1 aromatic rings. The van der Waals surface area contributed by atoms with E-state index in [9.17, 15) is 22.8 Å². The number of hydrogen-bond acceptors (Lipinski definition) is 8. The summed E-state index contributed by atoms with van der Waals surface area (Å²) in [6.45, 7) is 6.56. The number of hydrogen-bond donors (Lipinski definition) is 2. The molecule has 208 valence electrons. The summed E-state index contributed by atoms with van der Waals surface area (Å²) in [6.07, 6.45) is 1.35. The molecule has 1 aromatic carbocycles. The van der Waals surface area contributed by atoms with E-state index in [2.05, 4.69) is 0 Å². The number of likely N-dealkylation sites (tertiary alicyclic amines) is 1. The number of sulfonamides is 1. The molecular formula is C25H39N3O8S. The number of nitrogens with zero attached hydrogens (tertiary/aromatic N) is 2. The van der Waals surface area contributed by atoms with E-state index in [0.29, 0.717) is 44.7 Å². The topological polar surface area (TPSA) is 143 Å². The Hall–Kier alpha value is -2.70. The third kappa shape index (κ3) is 8.97. The third-order valence-corrected chi connectivity index (χ3v) is 8.45. The van der Waals surface area contributed by atoms with E-state index in [4.69, 9.17) is 14.7 Å². The smallest absolute Gasteiger partial charge is 0.309 e. The Morgan fingerprint density at radius 2 is 1.76 bits per heavy atom. The highest BCUT2D eigenvalue weighted by Gasteiger charge is 2.31. The molecule has 0 radical (unpaired) electrons. The third-order valence-electron chi connectivity index (χ3n) is 6.54. The first-order valence-electron chi connectivity index (χ1n) is 12.4. The van der Waals surface area contributed by atoms with Crippen LogP contribution in [0.2, 0.25) is 0 Å². The number of hydroxylamine groups is 1. The second-order valence-electron chi connectivity index (χ2n) is 9.86. The van der Waals surface area contributed by atoms with Crippen LogP contribution >= 0.6 is 0 Å². The fourth-order valence-corrected chi connectivity index (χ4v) is 5.68. The number of carbonyl (C=O) groups is 3. The van der Waals surface area contributed by atoms with Gasteiger partial charge in [-0.3, -0.25) is 19.6 Å². The molecule has 1 fully saturated rings. The van der Waals surface area contributed by atoms with Crippen LogP contribution in [0.25, 0.3) is 0 Å². The lowest BCUT2D eigenvalue weighted by atomic mass is 9.85. The number of esters is 1. The van der Waals surface area contributed by atoms with E-state index in [1.54, 1.807) is 43.3 Å². The summed E-state index contributed by atoms with van der Waals surface area (Å²) in [5, 5.41) is 8.85. The summed E-state index contributed by atoms with van der Waals surface area (Å²) in [6, 6.07) is 6.01. The summed E-state index contributed by atoms with van der Waals surface area (Å²) in [4.78, 5) is 38.3. The Balaban J connectivity index is 2.10. The molecule has 0 saturated carbocycles. The number of amides is 2. The number of methoxy groups -OCH3 is 1. The number of nitrogens with one attached hydrogen (secondary N) is 1. The lowest BCUT2D eigenvalue weighted by molar-refractivity contribution is -0.151. The van der Waals surface area contributed by atoms with Crippen LogP contribution in [-0.2, 0) is 29.1 Å². The Morgan fingerprint density at radius 1 is 1.14 bits per heavy atom. The highest BCUT2D eigenvalue weighted by Crippen LogP contribution is 2.28. The van der Waals surface area contributed by atoms with Crippen molar-refractivity contribution in [2.75, 3.05) is 39.9 Å². The minimum absolute atomic E-state index is 0.00820. The maximum absolute atomic E-state index is 13.5. The quantitative estimate of drug-likeness (QED) is 0.220. The van der Waals surface area contributed by atoms with E-state index in [1.807, 2.05) is 0 Å². The standard InChI is InChI=1S/C25H39N3O8S/c1-5-36-24(31)19-10-14-27(15-11-19)23(30)12-16-28(17-13-25(2,3)18-22(29)26-32)37(33,34)21-8-6-20(35-4)7-9-21/h6-9,19,32H,5,10-18H2,1-4H3,(H,26,29). The summed E-state index contributed by atoms with van der Waals surface area (Å²) in [7, 11) is -2.45. The zero-order chi connectivity index (χ0) is 27.6. The average molecular weight is 542 g/mol. The van der Waals surface area contributed by atoms with Gasteiger partial charge in [0.1, 0.15) is 5.75 Å². The van der Waals surface area contributed by atoms with Crippen molar-refractivity contribution in [2.45, 2.75) is 57.8 Å². The maximum Gasteiger partial charge on any atom is 0.309 e. The van der Waals surface area contributed by atoms with Crippen molar-refractivity contribution in [3.63, 3.8) is 0 Å². The molecule has 1 aliphatic heterocycles. The fourth-order valence-electron chi connectivity index (χ4n) is 4.24. The first-order chi connectivity index (χ1) is 17.4. The summed E-state index contributed by atoms with van der Waals surface area (Å²) in [5.74, 6) is -0.701. The van der Waals surface area contributed by atoms with Crippen LogP contribution in [0.4, 0.5) is 0 Å². The highest BCUT2D eigenvalue weighted by atomic mass is 32.2. The predicted molar refractivity (Wildman–Crippen MR) is 135 cm³/mol. The van der Waals surface area contributed by atoms with Gasteiger partial charge in [0, 0.05) is 39.0 Å². The second-order valence-corrected chi connectivity index (χ2v) is 11.8. The molecule has 2 rings (SSSR count). The van der Waals surface area contributed by atoms with Crippen molar-refractivity contribution in [1.29, 1.82) is 0 Å². The molecule has 2 N–H and O–H groups in total. The minimum atomic E-state index is -3.94. The first kappa shape index (κ1) is 30.5. The molecule has 37 heavy (non-hydrogen) atoms. The van der Waals surface area contributed by atoms with Crippen molar-refractivity contribution >= 4 is 27.8 Å². The van der Waals surface area contributed by atoms with Gasteiger partial charge < -0.3 is 14.4 Å². The van der Waals surface area contributed by atoms with Crippen molar-refractivity contribution < 1.29 is 37.5 Å². The molecule has 0 spiro atoms. The molecule has 2 amide bonds. The highest BCUT2D eigenvalue weighted by molar-refractivity contribution is 7.89. The molecule has 0 aromatic heterocycles. The average Bonchev–Trinajstić information content (AvgIpc) is 2.88. The lowest BCUT2D eigenvalue weighted by Crippen LogP contribution is -2.43. The van der Waals surface area contributed by atoms with Gasteiger partial charge in [0.15, 0.2) is 0 Å². The van der Waals surface area contributed by atoms with E-state index >= 15 is 0 Å². The van der Waals surface area contributed by atoms with E-state index in [1.165, 1.54) is 23.5 Å². The largest absolute Gasteiger partial charge is 0.497 e. The number of piperidine rings is 1. The van der Waals surface area contributed by atoms with Gasteiger partial charge in [0.25, 0.3) is 0 Å². The Bertz CT molecular complexity index is 1020. The molecule has 1 heterocycles. The fraction of sp³-hybridized carbons (Fsp3) is 0.640. The maximum atomic E-state index is 13.5. The van der Waals surface area contributed by atoms with Crippen LogP contribution in [-0.4, -0.2) is 80.5 Å². The van der Waals surface area contributed by atoms with Gasteiger partial charge in [-0.2, -0.15) is 4.31 Å². The Labute approximate surface area is 219 Å². The predicted octanol–water partition coefficient (Wildman–Crippen LogP) is 2.19. The molecule has 0 bridgehead atoms. The van der Waals surface area contributed by atoms with Gasteiger partial charge in [0.05, 0.1) is 24.5 Å². The Morgan fingerprint density at radius 3 is 2.30 bits per heavy atom. The van der Waals surface area contributed by atoms with Crippen molar-refractivity contribution in [3.8, 4) is 5.75 Å². The van der Waals surface area contributed by atoms with Crippen LogP contribution in [0.1, 0.15) is 52.9 Å². The number of carbonyl (C=O) groups excluding carboxylic acids is 3. The molecule has 1 aliphatic rings. The minimum Gasteiger partial charge on any atom is -0.497 e. The van der Waals surface area contributed by atoms with E-state index in [-0.39, 0.29) is 48.6 Å². The van der Waals surface area contributed by atoms with Crippen molar-refractivity contribution in [2.24, 2.45) is 11.3 Å². The summed E-state index contributed by atoms with van der Waals surface area (Å²) < 4.78 is 38.4. The van der Waals surface area contributed by atoms with E-state index < -0.39 is 21.3 Å². The molecule has 0 unspecified atom stereocenters. The lowest BCUT2D eigenvalue weighted by Gasteiger charge is -2.32. The normalized spacial score (nSPS) is 14.9. The van der Waals surface area contributed by atoms with Crippen LogP contribution in [0.5, 0.6) is 5.75 Å².